The number of aromatic amines is 1. The number of morpholine rings is 1. The predicted octanol–water partition coefficient (Wildman–Crippen LogP) is 3.30. The Balaban J connectivity index is 1.15. The largest absolute Gasteiger partial charge is 0.379 e. The Hall–Kier alpha value is -4.92. The third kappa shape index (κ3) is 7.78. The number of hydrogen-bond donors (Lipinski definition) is 5. The monoisotopic (exact) mass is 638 g/mol. The third-order valence-electron chi connectivity index (χ3n) is 7.17. The molecule has 45 heavy (non-hydrogen) atoms. The molecule has 1 saturated heterocycles. The zero-order valence-electron chi connectivity index (χ0n) is 24.6. The second-order valence-corrected chi connectivity index (χ2v) is 10.9. The van der Waals surface area contributed by atoms with Crippen molar-refractivity contribution in [3.8, 4) is 0 Å². The first-order valence-electron chi connectivity index (χ1n) is 14.1. The van der Waals surface area contributed by atoms with Crippen molar-refractivity contribution < 1.29 is 28.3 Å². The average Bonchev–Trinajstić information content (AvgIpc) is 3.71. The Morgan fingerprint density at radius 3 is 2.13 bits per heavy atom. The van der Waals surface area contributed by atoms with Gasteiger partial charge in [-0.25, -0.2) is 4.39 Å². The van der Waals surface area contributed by atoms with Crippen LogP contribution in [0.4, 0.5) is 21.5 Å². The first-order chi connectivity index (χ1) is 21.6. The van der Waals surface area contributed by atoms with E-state index < -0.39 is 23.5 Å². The minimum Gasteiger partial charge on any atom is -0.379 e. The molecule has 0 atom stereocenters. The van der Waals surface area contributed by atoms with E-state index in [-0.39, 0.29) is 33.6 Å². The normalized spacial score (nSPS) is 13.3. The number of carbonyl (C=O) groups excluding carboxylic acids is 4. The van der Waals surface area contributed by atoms with Crippen molar-refractivity contribution in [3.05, 3.63) is 88.5 Å². The van der Waals surface area contributed by atoms with Crippen LogP contribution >= 0.6 is 11.6 Å². The summed E-state index contributed by atoms with van der Waals surface area (Å²) in [6.07, 6.45) is 4.60. The van der Waals surface area contributed by atoms with Crippen molar-refractivity contribution in [1.82, 2.24) is 24.3 Å². The van der Waals surface area contributed by atoms with Crippen molar-refractivity contribution >= 4 is 52.3 Å². The molecule has 13 nitrogen and oxygen atoms in total. The van der Waals surface area contributed by atoms with E-state index >= 15 is 0 Å². The van der Waals surface area contributed by atoms with Crippen LogP contribution in [0.2, 0.25) is 5.02 Å². The highest BCUT2D eigenvalue weighted by molar-refractivity contribution is 6.30. The molecule has 4 heterocycles. The number of halogens is 2. The molecule has 0 unspecified atom stereocenters. The number of aromatic nitrogens is 3. The number of aryl methyl sites for hydroxylation is 2. The van der Waals surface area contributed by atoms with Gasteiger partial charge < -0.3 is 40.1 Å². The van der Waals surface area contributed by atoms with Crippen molar-refractivity contribution in [2.45, 2.75) is 0 Å². The van der Waals surface area contributed by atoms with Crippen LogP contribution in [-0.2, 0) is 18.8 Å². The van der Waals surface area contributed by atoms with Crippen LogP contribution < -0.4 is 21.3 Å². The molecule has 0 aliphatic carbocycles. The van der Waals surface area contributed by atoms with Crippen molar-refractivity contribution in [2.75, 3.05) is 55.3 Å². The van der Waals surface area contributed by atoms with Gasteiger partial charge in [0.2, 0.25) is 0 Å². The van der Waals surface area contributed by atoms with E-state index in [9.17, 15) is 23.6 Å². The molecule has 236 valence electrons. The molecule has 0 spiro atoms. The van der Waals surface area contributed by atoms with Gasteiger partial charge in [-0.05, 0) is 36.4 Å². The molecule has 5 rings (SSSR count). The summed E-state index contributed by atoms with van der Waals surface area (Å²) in [5.41, 5.74) is 1.62. The highest BCUT2D eigenvalue weighted by atomic mass is 35.5. The Morgan fingerprint density at radius 1 is 0.844 bits per heavy atom. The smallest absolute Gasteiger partial charge is 0.272 e. The molecule has 0 radical (unpaired) electrons. The maximum Gasteiger partial charge on any atom is 0.272 e. The van der Waals surface area contributed by atoms with Crippen molar-refractivity contribution in [2.24, 2.45) is 14.1 Å². The Labute approximate surface area is 262 Å². The fourth-order valence-electron chi connectivity index (χ4n) is 4.82. The maximum absolute atomic E-state index is 14.1. The topological polar surface area (TPSA) is 155 Å². The fourth-order valence-corrected chi connectivity index (χ4v) is 4.98. The number of carbonyl (C=O) groups is 4. The van der Waals surface area contributed by atoms with E-state index in [2.05, 4.69) is 31.2 Å². The highest BCUT2D eigenvalue weighted by Crippen LogP contribution is 2.20. The first kappa shape index (κ1) is 31.5. The zero-order chi connectivity index (χ0) is 32.1. The number of H-pyrrole nitrogens is 1. The lowest BCUT2D eigenvalue weighted by atomic mass is 10.2. The molecule has 1 aliphatic rings. The van der Waals surface area contributed by atoms with Crippen LogP contribution in [0.15, 0.2) is 55.0 Å². The Morgan fingerprint density at radius 2 is 1.47 bits per heavy atom. The van der Waals surface area contributed by atoms with Gasteiger partial charge in [-0.3, -0.25) is 24.1 Å². The minimum atomic E-state index is -0.772. The summed E-state index contributed by atoms with van der Waals surface area (Å²) in [5, 5.41) is 11.1. The summed E-state index contributed by atoms with van der Waals surface area (Å²) in [7, 11) is 3.37. The molecule has 4 aromatic rings. The lowest BCUT2D eigenvalue weighted by Crippen LogP contribution is -2.41. The summed E-state index contributed by atoms with van der Waals surface area (Å²) < 4.78 is 22.6. The Bertz CT molecular complexity index is 1740. The second-order valence-electron chi connectivity index (χ2n) is 10.4. The van der Waals surface area contributed by atoms with E-state index in [1.807, 2.05) is 0 Å². The van der Waals surface area contributed by atoms with E-state index in [1.165, 1.54) is 30.5 Å². The van der Waals surface area contributed by atoms with Gasteiger partial charge in [0.15, 0.2) is 0 Å². The van der Waals surface area contributed by atoms with Crippen LogP contribution in [0.25, 0.3) is 0 Å². The van der Waals surface area contributed by atoms with E-state index in [1.54, 1.807) is 41.7 Å². The number of hydrogen-bond acceptors (Lipinski definition) is 6. The fraction of sp³-hybridized carbons (Fsp3) is 0.267. The second kappa shape index (κ2) is 13.8. The van der Waals surface area contributed by atoms with E-state index in [0.717, 1.165) is 25.7 Å². The van der Waals surface area contributed by atoms with Crippen LogP contribution in [0.5, 0.6) is 0 Å². The summed E-state index contributed by atoms with van der Waals surface area (Å²) in [6.45, 7) is 4.27. The molecule has 1 fully saturated rings. The highest BCUT2D eigenvalue weighted by Gasteiger charge is 2.19. The summed E-state index contributed by atoms with van der Waals surface area (Å²) in [4.78, 5) is 56.0. The van der Waals surface area contributed by atoms with Crippen molar-refractivity contribution in [1.29, 1.82) is 0 Å². The molecule has 5 N–H and O–H groups in total. The van der Waals surface area contributed by atoms with Crippen molar-refractivity contribution in [3.63, 3.8) is 0 Å². The molecule has 3 aromatic heterocycles. The SMILES string of the molecule is Cn1cc(NC(=O)c2cc(NC(=O)c3cc(NC(=O)c4ccc(Cl)cc4F)c[nH]3)cn2C)cc1C(=O)NCCN1CCOCC1. The van der Waals surface area contributed by atoms with Gasteiger partial charge in [0.05, 0.1) is 35.8 Å². The van der Waals surface area contributed by atoms with Crippen LogP contribution in [0.1, 0.15) is 41.8 Å². The number of ether oxygens (including phenoxy) is 1. The predicted molar refractivity (Wildman–Crippen MR) is 166 cm³/mol. The molecule has 1 aromatic carbocycles. The quantitative estimate of drug-likeness (QED) is 0.180. The summed E-state index contributed by atoms with van der Waals surface area (Å²) in [5.74, 6) is -2.70. The van der Waals surface area contributed by atoms with Crippen LogP contribution in [0, 0.1) is 5.82 Å². The number of amides is 4. The number of anilines is 3. The maximum atomic E-state index is 14.1. The summed E-state index contributed by atoms with van der Waals surface area (Å²) in [6, 6.07) is 8.18. The molecule has 0 bridgehead atoms. The number of benzene rings is 1. The standard InChI is InChI=1S/C30H32ClFN8O5/c1-38-17-21(13-25(38)29(43)33-5-6-40-7-9-45-10-8-40)37-30(44)26-14-20(16-39(26)2)36-28(42)24-12-19(15-34-24)35-27(41)22-4-3-18(31)11-23(22)32/h3-4,11-17,34H,5-10H2,1-2H3,(H,33,43)(H,35,41)(H,36,42)(H,37,44). The van der Waals surface area contributed by atoms with Gasteiger partial charge in [0.25, 0.3) is 23.6 Å². The number of rotatable bonds is 10. The van der Waals surface area contributed by atoms with Gasteiger partial charge in [0.1, 0.15) is 22.9 Å². The third-order valence-corrected chi connectivity index (χ3v) is 7.40. The zero-order valence-corrected chi connectivity index (χ0v) is 25.3. The van der Waals surface area contributed by atoms with E-state index in [4.69, 9.17) is 16.3 Å². The van der Waals surface area contributed by atoms with Gasteiger partial charge >= 0.3 is 0 Å². The number of nitrogens with zero attached hydrogens (tertiary/aromatic N) is 3. The molecular formula is C30H32ClFN8O5. The molecule has 4 amide bonds. The lowest BCUT2D eigenvalue weighted by molar-refractivity contribution is 0.0383. The lowest BCUT2D eigenvalue weighted by Gasteiger charge is -2.26. The van der Waals surface area contributed by atoms with Gasteiger partial charge in [-0.1, -0.05) is 11.6 Å². The first-order valence-corrected chi connectivity index (χ1v) is 14.4. The molecule has 0 saturated carbocycles. The summed E-state index contributed by atoms with van der Waals surface area (Å²) >= 11 is 5.74. The number of nitrogens with one attached hydrogen (secondary N) is 5. The minimum absolute atomic E-state index is 0.122. The molecule has 15 heteroatoms. The van der Waals surface area contributed by atoms with Gasteiger partial charge in [0, 0.05) is 63.9 Å². The molecule has 1 aliphatic heterocycles. The van der Waals surface area contributed by atoms with Crippen LogP contribution in [0.3, 0.4) is 0 Å². The average molecular weight is 639 g/mol. The van der Waals surface area contributed by atoms with Gasteiger partial charge in [-0.2, -0.15) is 0 Å². The van der Waals surface area contributed by atoms with Gasteiger partial charge in [-0.15, -0.1) is 0 Å². The van der Waals surface area contributed by atoms with Crippen LogP contribution in [-0.4, -0.2) is 82.0 Å². The van der Waals surface area contributed by atoms with E-state index in [0.29, 0.717) is 36.8 Å². The Kier molecular flexibility index (Phi) is 9.66. The molecular weight excluding hydrogens is 607 g/mol.